The standard InChI is InChI=1S/C12H13BrFNO/c1-8(2)7-15(3)12(16)10-6-9(14)4-5-11(10)13/h4-6H,1,7H2,2-3H3. The minimum Gasteiger partial charge on any atom is -0.338 e. The second-order valence-corrected chi connectivity index (χ2v) is 4.60. The lowest BCUT2D eigenvalue weighted by atomic mass is 10.2. The summed E-state index contributed by atoms with van der Waals surface area (Å²) in [5.74, 6) is -0.648. The minimum absolute atomic E-state index is 0.227. The molecule has 0 aromatic heterocycles. The molecule has 1 aromatic carbocycles. The number of nitrogens with zero attached hydrogens (tertiary/aromatic N) is 1. The van der Waals surface area contributed by atoms with E-state index >= 15 is 0 Å². The third-order valence-corrected chi connectivity index (χ3v) is 2.70. The van der Waals surface area contributed by atoms with Gasteiger partial charge in [-0.05, 0) is 41.1 Å². The lowest BCUT2D eigenvalue weighted by molar-refractivity contribution is 0.0805. The van der Waals surface area contributed by atoms with Crippen LogP contribution in [0.5, 0.6) is 0 Å². The van der Waals surface area contributed by atoms with Crippen molar-refractivity contribution in [3.05, 3.63) is 46.2 Å². The van der Waals surface area contributed by atoms with Crippen LogP contribution in [0.2, 0.25) is 0 Å². The molecule has 86 valence electrons. The molecule has 16 heavy (non-hydrogen) atoms. The van der Waals surface area contributed by atoms with Crippen LogP contribution in [0.15, 0.2) is 34.8 Å². The van der Waals surface area contributed by atoms with Crippen molar-refractivity contribution in [3.63, 3.8) is 0 Å². The predicted molar refractivity (Wildman–Crippen MR) is 65.9 cm³/mol. The van der Waals surface area contributed by atoms with Crippen molar-refractivity contribution in [2.45, 2.75) is 6.92 Å². The van der Waals surface area contributed by atoms with Crippen LogP contribution < -0.4 is 0 Å². The van der Waals surface area contributed by atoms with E-state index in [-0.39, 0.29) is 5.91 Å². The van der Waals surface area contributed by atoms with Crippen LogP contribution in [0.25, 0.3) is 0 Å². The molecule has 1 aromatic rings. The first-order chi connectivity index (χ1) is 7.41. The first kappa shape index (κ1) is 12.9. The van der Waals surface area contributed by atoms with Crippen molar-refractivity contribution in [2.75, 3.05) is 13.6 Å². The second-order valence-electron chi connectivity index (χ2n) is 3.74. The molecule has 0 saturated carbocycles. The number of benzene rings is 1. The molecule has 0 aliphatic heterocycles. The Kier molecular flexibility index (Phi) is 4.24. The predicted octanol–water partition coefficient (Wildman–Crippen LogP) is 3.24. The molecule has 0 heterocycles. The molecule has 0 fully saturated rings. The quantitative estimate of drug-likeness (QED) is 0.781. The molecule has 0 aliphatic carbocycles. The van der Waals surface area contributed by atoms with E-state index in [1.165, 1.54) is 23.1 Å². The van der Waals surface area contributed by atoms with Gasteiger partial charge in [0.15, 0.2) is 0 Å². The summed E-state index contributed by atoms with van der Waals surface area (Å²) in [5.41, 5.74) is 1.20. The number of halogens is 2. The van der Waals surface area contributed by atoms with Gasteiger partial charge in [-0.1, -0.05) is 12.2 Å². The molecule has 2 nitrogen and oxygen atoms in total. The van der Waals surface area contributed by atoms with Crippen LogP contribution in [0.3, 0.4) is 0 Å². The van der Waals surface area contributed by atoms with Crippen molar-refractivity contribution < 1.29 is 9.18 Å². The number of likely N-dealkylation sites (N-methyl/N-ethyl adjacent to an activating group) is 1. The number of carbonyl (C=O) groups is 1. The SMILES string of the molecule is C=C(C)CN(C)C(=O)c1cc(F)ccc1Br. The van der Waals surface area contributed by atoms with Gasteiger partial charge < -0.3 is 4.90 Å². The van der Waals surface area contributed by atoms with E-state index in [1.54, 1.807) is 7.05 Å². The highest BCUT2D eigenvalue weighted by Crippen LogP contribution is 2.19. The van der Waals surface area contributed by atoms with Gasteiger partial charge in [-0.3, -0.25) is 4.79 Å². The van der Waals surface area contributed by atoms with Gasteiger partial charge in [0.2, 0.25) is 0 Å². The normalized spacial score (nSPS) is 10.0. The smallest absolute Gasteiger partial charge is 0.255 e. The fraction of sp³-hybridized carbons (Fsp3) is 0.250. The summed E-state index contributed by atoms with van der Waals surface area (Å²) in [6.45, 7) is 6.03. The zero-order chi connectivity index (χ0) is 12.3. The summed E-state index contributed by atoms with van der Waals surface area (Å²) < 4.78 is 13.6. The Labute approximate surface area is 103 Å². The van der Waals surface area contributed by atoms with Gasteiger partial charge in [0, 0.05) is 18.1 Å². The second kappa shape index (κ2) is 5.25. The summed E-state index contributed by atoms with van der Waals surface area (Å²) in [6, 6.07) is 4.05. The Balaban J connectivity index is 2.95. The number of carbonyl (C=O) groups excluding carboxylic acids is 1. The van der Waals surface area contributed by atoms with Crippen LogP contribution in [-0.2, 0) is 0 Å². The van der Waals surface area contributed by atoms with E-state index in [9.17, 15) is 9.18 Å². The van der Waals surface area contributed by atoms with E-state index in [2.05, 4.69) is 22.5 Å². The minimum atomic E-state index is -0.421. The highest BCUT2D eigenvalue weighted by molar-refractivity contribution is 9.10. The Bertz CT molecular complexity index is 431. The average Bonchev–Trinajstić information content (AvgIpc) is 2.19. The van der Waals surface area contributed by atoms with Gasteiger partial charge in [-0.25, -0.2) is 4.39 Å². The zero-order valence-corrected chi connectivity index (χ0v) is 10.8. The van der Waals surface area contributed by atoms with Gasteiger partial charge in [-0.2, -0.15) is 0 Å². The van der Waals surface area contributed by atoms with Gasteiger partial charge in [0.1, 0.15) is 5.82 Å². The van der Waals surface area contributed by atoms with E-state index in [0.717, 1.165) is 5.57 Å². The van der Waals surface area contributed by atoms with E-state index in [1.807, 2.05) is 6.92 Å². The molecule has 1 rings (SSSR count). The fourth-order valence-electron chi connectivity index (χ4n) is 1.34. The third kappa shape index (κ3) is 3.17. The van der Waals surface area contributed by atoms with E-state index < -0.39 is 5.82 Å². The Morgan fingerprint density at radius 2 is 2.19 bits per heavy atom. The van der Waals surface area contributed by atoms with E-state index in [4.69, 9.17) is 0 Å². The van der Waals surface area contributed by atoms with Crippen molar-refractivity contribution in [3.8, 4) is 0 Å². The molecule has 0 N–H and O–H groups in total. The highest BCUT2D eigenvalue weighted by atomic mass is 79.9. The Morgan fingerprint density at radius 3 is 2.75 bits per heavy atom. The maximum atomic E-state index is 13.0. The molecule has 0 bridgehead atoms. The van der Waals surface area contributed by atoms with Gasteiger partial charge in [-0.15, -0.1) is 0 Å². The molecule has 0 unspecified atom stereocenters. The van der Waals surface area contributed by atoms with Crippen molar-refractivity contribution in [1.82, 2.24) is 4.90 Å². The van der Waals surface area contributed by atoms with Gasteiger partial charge >= 0.3 is 0 Å². The lowest BCUT2D eigenvalue weighted by Gasteiger charge is -2.17. The van der Waals surface area contributed by atoms with Gasteiger partial charge in [0.05, 0.1) is 5.56 Å². The molecule has 0 spiro atoms. The molecule has 4 heteroatoms. The molecular formula is C12H13BrFNO. The summed E-state index contributed by atoms with van der Waals surface area (Å²) in [4.78, 5) is 13.4. The number of hydrogen-bond acceptors (Lipinski definition) is 1. The van der Waals surface area contributed by atoms with Crippen LogP contribution in [-0.4, -0.2) is 24.4 Å². The van der Waals surface area contributed by atoms with Crippen molar-refractivity contribution in [1.29, 1.82) is 0 Å². The summed E-state index contributed by atoms with van der Waals surface area (Å²) >= 11 is 3.23. The van der Waals surface area contributed by atoms with Crippen LogP contribution in [0, 0.1) is 5.82 Å². The molecule has 0 aliphatic rings. The average molecular weight is 286 g/mol. The molecule has 1 amide bonds. The first-order valence-electron chi connectivity index (χ1n) is 4.76. The van der Waals surface area contributed by atoms with Crippen LogP contribution >= 0.6 is 15.9 Å². The zero-order valence-electron chi connectivity index (χ0n) is 9.26. The number of amides is 1. The van der Waals surface area contributed by atoms with Crippen LogP contribution in [0.1, 0.15) is 17.3 Å². The van der Waals surface area contributed by atoms with Gasteiger partial charge in [0.25, 0.3) is 5.91 Å². The Hall–Kier alpha value is -1.16. The van der Waals surface area contributed by atoms with Crippen LogP contribution in [0.4, 0.5) is 4.39 Å². The Morgan fingerprint density at radius 1 is 1.56 bits per heavy atom. The molecule has 0 saturated heterocycles. The van der Waals surface area contributed by atoms with E-state index in [0.29, 0.717) is 16.6 Å². The summed E-state index contributed by atoms with van der Waals surface area (Å²) in [5, 5.41) is 0. The maximum Gasteiger partial charge on any atom is 0.255 e. The monoisotopic (exact) mass is 285 g/mol. The lowest BCUT2D eigenvalue weighted by Crippen LogP contribution is -2.28. The summed E-state index contributed by atoms with van der Waals surface area (Å²) in [6.07, 6.45) is 0. The molecule has 0 radical (unpaired) electrons. The third-order valence-electron chi connectivity index (χ3n) is 2.01. The van der Waals surface area contributed by atoms with Crippen molar-refractivity contribution >= 4 is 21.8 Å². The summed E-state index contributed by atoms with van der Waals surface area (Å²) in [7, 11) is 1.66. The van der Waals surface area contributed by atoms with Crippen molar-refractivity contribution in [2.24, 2.45) is 0 Å². The molecule has 0 atom stereocenters. The number of rotatable bonds is 3. The highest BCUT2D eigenvalue weighted by Gasteiger charge is 2.15. The topological polar surface area (TPSA) is 20.3 Å². The largest absolute Gasteiger partial charge is 0.338 e. The molecular weight excluding hydrogens is 273 g/mol. The number of hydrogen-bond donors (Lipinski definition) is 0. The first-order valence-corrected chi connectivity index (χ1v) is 5.56. The maximum absolute atomic E-state index is 13.0. The fourth-order valence-corrected chi connectivity index (χ4v) is 1.76.